The van der Waals surface area contributed by atoms with Crippen LogP contribution in [0.5, 0.6) is 0 Å². The number of rotatable bonds is 6. The van der Waals surface area contributed by atoms with Gasteiger partial charge in [0.25, 0.3) is 5.91 Å². The molecule has 0 aliphatic rings. The minimum absolute atomic E-state index is 0.309. The van der Waals surface area contributed by atoms with Crippen molar-refractivity contribution in [3.8, 4) is 0 Å². The highest BCUT2D eigenvalue weighted by Gasteiger charge is 2.07. The molecule has 0 radical (unpaired) electrons. The lowest BCUT2D eigenvalue weighted by Crippen LogP contribution is -2.29. The Hall–Kier alpha value is -3.26. The van der Waals surface area contributed by atoms with Gasteiger partial charge in [0.15, 0.2) is 5.11 Å². The fraction of sp³-hybridized carbons (Fsp3) is 0.111. The van der Waals surface area contributed by atoms with Crippen LogP contribution in [0.3, 0.4) is 0 Å². The Morgan fingerprint density at radius 1 is 1.04 bits per heavy atom. The molecule has 134 valence electrons. The first-order valence-electron chi connectivity index (χ1n) is 7.72. The molecule has 0 aromatic heterocycles. The summed E-state index contributed by atoms with van der Waals surface area (Å²) >= 11 is 5.19. The summed E-state index contributed by atoms with van der Waals surface area (Å²) in [6.45, 7) is 1.45. The molecule has 2 aromatic carbocycles. The monoisotopic (exact) mass is 370 g/mol. The van der Waals surface area contributed by atoms with Crippen molar-refractivity contribution in [3.63, 3.8) is 0 Å². The van der Waals surface area contributed by atoms with Gasteiger partial charge in [0.2, 0.25) is 0 Å². The Morgan fingerprint density at radius 2 is 1.69 bits per heavy atom. The van der Waals surface area contributed by atoms with Gasteiger partial charge in [-0.1, -0.05) is 30.3 Å². The summed E-state index contributed by atoms with van der Waals surface area (Å²) in [7, 11) is 0. The van der Waals surface area contributed by atoms with Crippen LogP contribution in [0.2, 0.25) is 0 Å². The second kappa shape index (κ2) is 9.28. The summed E-state index contributed by atoms with van der Waals surface area (Å²) in [5, 5.41) is 18.3. The van der Waals surface area contributed by atoms with Crippen LogP contribution >= 0.6 is 12.2 Å². The van der Waals surface area contributed by atoms with Gasteiger partial charge in [-0.2, -0.15) is 5.10 Å². The van der Waals surface area contributed by atoms with Crippen molar-refractivity contribution in [1.29, 1.82) is 0 Å². The van der Waals surface area contributed by atoms with Crippen LogP contribution in [0, 0.1) is 0 Å². The van der Waals surface area contributed by atoms with Gasteiger partial charge in [-0.05, 0) is 49.0 Å². The van der Waals surface area contributed by atoms with E-state index in [2.05, 4.69) is 21.2 Å². The van der Waals surface area contributed by atoms with Crippen LogP contribution in [-0.2, 0) is 4.79 Å². The number of amides is 1. The molecular weight excluding hydrogens is 352 g/mol. The van der Waals surface area contributed by atoms with E-state index in [0.29, 0.717) is 16.4 Å². The van der Waals surface area contributed by atoms with Gasteiger partial charge < -0.3 is 15.7 Å². The molecule has 8 heteroatoms. The molecular formula is C18H18N4O3S. The van der Waals surface area contributed by atoms with Gasteiger partial charge in [0, 0.05) is 11.3 Å². The topological polar surface area (TPSA) is 103 Å². The average molecular weight is 370 g/mol. The largest absolute Gasteiger partial charge is 0.480 e. The average Bonchev–Trinajstić information content (AvgIpc) is 2.65. The molecule has 4 N–H and O–H groups in total. The fourth-order valence-corrected chi connectivity index (χ4v) is 2.16. The second-order valence-electron chi connectivity index (χ2n) is 5.28. The Balaban J connectivity index is 1.89. The Bertz CT molecular complexity index is 820. The third-order valence-electron chi connectivity index (χ3n) is 3.32. The van der Waals surface area contributed by atoms with E-state index in [-0.39, 0.29) is 0 Å². The van der Waals surface area contributed by atoms with E-state index in [9.17, 15) is 9.59 Å². The van der Waals surface area contributed by atoms with Crippen LogP contribution in [0.1, 0.15) is 22.8 Å². The minimum Gasteiger partial charge on any atom is -0.480 e. The SMILES string of the molecule is C/C(=N\NC(=S)Nc1ccc(C(=O)NCC(=O)O)cc1)c1ccccc1. The lowest BCUT2D eigenvalue weighted by molar-refractivity contribution is -0.135. The molecule has 2 rings (SSSR count). The first-order valence-corrected chi connectivity index (χ1v) is 8.13. The quantitative estimate of drug-likeness (QED) is 0.353. The number of aliphatic carboxylic acids is 1. The summed E-state index contributed by atoms with van der Waals surface area (Å²) < 4.78 is 0. The number of carbonyl (C=O) groups is 2. The molecule has 0 spiro atoms. The van der Waals surface area contributed by atoms with E-state index in [1.807, 2.05) is 37.3 Å². The van der Waals surface area contributed by atoms with E-state index in [1.54, 1.807) is 24.3 Å². The molecule has 0 saturated carbocycles. The molecule has 26 heavy (non-hydrogen) atoms. The summed E-state index contributed by atoms with van der Waals surface area (Å²) in [4.78, 5) is 22.2. The van der Waals surface area contributed by atoms with Crippen molar-refractivity contribution in [1.82, 2.24) is 10.7 Å². The Labute approximate surface area is 156 Å². The first-order chi connectivity index (χ1) is 12.5. The van der Waals surface area contributed by atoms with Gasteiger partial charge in [-0.25, -0.2) is 0 Å². The highest BCUT2D eigenvalue weighted by atomic mass is 32.1. The number of nitrogens with zero attached hydrogens (tertiary/aromatic N) is 1. The minimum atomic E-state index is -1.10. The van der Waals surface area contributed by atoms with Crippen LogP contribution < -0.4 is 16.1 Å². The molecule has 0 saturated heterocycles. The van der Waals surface area contributed by atoms with Crippen LogP contribution in [-0.4, -0.2) is 34.4 Å². The predicted octanol–water partition coefficient (Wildman–Crippen LogP) is 2.21. The zero-order valence-electron chi connectivity index (χ0n) is 14.0. The van der Waals surface area contributed by atoms with Crippen molar-refractivity contribution in [2.75, 3.05) is 11.9 Å². The van der Waals surface area contributed by atoms with E-state index in [1.165, 1.54) is 0 Å². The maximum absolute atomic E-state index is 11.7. The summed E-state index contributed by atoms with van der Waals surface area (Å²) in [5.74, 6) is -1.55. The summed E-state index contributed by atoms with van der Waals surface area (Å²) in [5.41, 5.74) is 5.57. The number of carboxylic acids is 1. The smallest absolute Gasteiger partial charge is 0.322 e. The number of thiocarbonyl (C=S) groups is 1. The second-order valence-corrected chi connectivity index (χ2v) is 5.69. The third-order valence-corrected chi connectivity index (χ3v) is 3.52. The van der Waals surface area contributed by atoms with E-state index < -0.39 is 18.4 Å². The highest BCUT2D eigenvalue weighted by molar-refractivity contribution is 7.80. The zero-order chi connectivity index (χ0) is 18.9. The lowest BCUT2D eigenvalue weighted by Gasteiger charge is -2.09. The van der Waals surface area contributed by atoms with Gasteiger partial charge in [0.05, 0.1) is 5.71 Å². The number of carbonyl (C=O) groups excluding carboxylic acids is 1. The number of hydrogen-bond acceptors (Lipinski definition) is 4. The molecule has 1 amide bonds. The molecule has 0 bridgehead atoms. The first kappa shape index (κ1) is 19.1. The number of nitrogens with one attached hydrogen (secondary N) is 3. The molecule has 0 aliphatic heterocycles. The zero-order valence-corrected chi connectivity index (χ0v) is 14.8. The normalized spacial score (nSPS) is 10.7. The van der Waals surface area contributed by atoms with Crippen molar-refractivity contribution in [2.45, 2.75) is 6.92 Å². The molecule has 0 unspecified atom stereocenters. The number of anilines is 1. The molecule has 2 aromatic rings. The lowest BCUT2D eigenvalue weighted by atomic mass is 10.1. The van der Waals surface area contributed by atoms with Gasteiger partial charge in [0.1, 0.15) is 6.54 Å². The predicted molar refractivity (Wildman–Crippen MR) is 104 cm³/mol. The van der Waals surface area contributed by atoms with Gasteiger partial charge in [-0.15, -0.1) is 0 Å². The van der Waals surface area contributed by atoms with Crippen molar-refractivity contribution in [3.05, 3.63) is 65.7 Å². The summed E-state index contributed by atoms with van der Waals surface area (Å²) in [6.07, 6.45) is 0. The molecule has 7 nitrogen and oxygen atoms in total. The van der Waals surface area contributed by atoms with Crippen molar-refractivity contribution in [2.24, 2.45) is 5.10 Å². The maximum atomic E-state index is 11.7. The van der Waals surface area contributed by atoms with E-state index in [0.717, 1.165) is 11.3 Å². The fourth-order valence-electron chi connectivity index (χ4n) is 2.00. The Kier molecular flexibility index (Phi) is 6.81. The van der Waals surface area contributed by atoms with Gasteiger partial charge >= 0.3 is 5.97 Å². The van der Waals surface area contributed by atoms with Crippen LogP contribution in [0.4, 0.5) is 5.69 Å². The molecule has 0 aliphatic carbocycles. The third kappa shape index (κ3) is 5.99. The van der Waals surface area contributed by atoms with E-state index >= 15 is 0 Å². The van der Waals surface area contributed by atoms with Crippen molar-refractivity contribution < 1.29 is 14.7 Å². The molecule has 0 atom stereocenters. The van der Waals surface area contributed by atoms with E-state index in [4.69, 9.17) is 17.3 Å². The summed E-state index contributed by atoms with van der Waals surface area (Å²) in [6, 6.07) is 16.2. The number of hydrogen-bond donors (Lipinski definition) is 4. The van der Waals surface area contributed by atoms with Crippen LogP contribution in [0.25, 0.3) is 0 Å². The number of carboxylic acid groups (broad SMARTS) is 1. The highest BCUT2D eigenvalue weighted by Crippen LogP contribution is 2.09. The van der Waals surface area contributed by atoms with Gasteiger partial charge in [-0.3, -0.25) is 15.0 Å². The molecule has 0 fully saturated rings. The number of hydrazone groups is 1. The standard InChI is InChI=1S/C18H18N4O3S/c1-12(13-5-3-2-4-6-13)21-22-18(26)20-15-9-7-14(8-10-15)17(25)19-11-16(23)24/h2-10H,11H2,1H3,(H,19,25)(H,23,24)(H2,20,22,26)/b21-12+. The molecule has 0 heterocycles. The maximum Gasteiger partial charge on any atom is 0.322 e. The van der Waals surface area contributed by atoms with Crippen molar-refractivity contribution >= 4 is 40.6 Å². The number of benzene rings is 2. The van der Waals surface area contributed by atoms with Crippen LogP contribution in [0.15, 0.2) is 59.7 Å². The Morgan fingerprint density at radius 3 is 2.31 bits per heavy atom.